The van der Waals surface area contributed by atoms with Crippen LogP contribution in [0.15, 0.2) is 30.6 Å². The number of rotatable bonds is 5. The maximum atomic E-state index is 10.9. The first-order chi connectivity index (χ1) is 11.3. The summed E-state index contributed by atoms with van der Waals surface area (Å²) < 4.78 is 17.7. The number of nitrogens with two attached hydrogens (primary N) is 1. The van der Waals surface area contributed by atoms with E-state index < -0.39 is 13.9 Å². The van der Waals surface area contributed by atoms with Crippen molar-refractivity contribution in [3.63, 3.8) is 0 Å². The fraction of sp³-hybridized carbons (Fsp3) is 0.154. The van der Waals surface area contributed by atoms with Gasteiger partial charge in [-0.25, -0.2) is 4.98 Å². The summed E-state index contributed by atoms with van der Waals surface area (Å²) >= 11 is 5.99. The largest absolute Gasteiger partial charge is 0.481 e. The summed E-state index contributed by atoms with van der Waals surface area (Å²) in [4.78, 5) is 29.9. The van der Waals surface area contributed by atoms with E-state index in [2.05, 4.69) is 15.0 Å². The topological polar surface area (TPSA) is 136 Å². The Morgan fingerprint density at radius 3 is 2.88 bits per heavy atom. The van der Waals surface area contributed by atoms with Gasteiger partial charge >= 0.3 is 7.60 Å². The third-order valence-corrected chi connectivity index (χ3v) is 3.82. The van der Waals surface area contributed by atoms with Gasteiger partial charge in [-0.3, -0.25) is 4.57 Å². The molecule has 1 aromatic carbocycles. The predicted molar refractivity (Wildman–Crippen MR) is 87.8 cm³/mol. The highest BCUT2D eigenvalue weighted by atomic mass is 35.5. The Balaban J connectivity index is 1.85. The van der Waals surface area contributed by atoms with Crippen LogP contribution in [0, 0.1) is 0 Å². The Bertz CT molecular complexity index is 941. The molecule has 0 atom stereocenters. The third-order valence-electron chi connectivity index (χ3n) is 3.09. The molecule has 3 rings (SSSR count). The van der Waals surface area contributed by atoms with Crippen molar-refractivity contribution in [2.45, 2.75) is 6.54 Å². The highest BCUT2D eigenvalue weighted by Gasteiger charge is 2.14. The molecular formula is C13H13ClN5O4P. The summed E-state index contributed by atoms with van der Waals surface area (Å²) in [6.45, 7) is 0.399. The minimum atomic E-state index is -4.23. The molecule has 0 fully saturated rings. The van der Waals surface area contributed by atoms with Crippen LogP contribution in [0.5, 0.6) is 5.75 Å². The van der Waals surface area contributed by atoms with Crippen LogP contribution in [0.25, 0.3) is 11.2 Å². The van der Waals surface area contributed by atoms with Gasteiger partial charge in [-0.1, -0.05) is 23.7 Å². The van der Waals surface area contributed by atoms with Gasteiger partial charge in [0.2, 0.25) is 5.95 Å². The van der Waals surface area contributed by atoms with Crippen LogP contribution < -0.4 is 10.5 Å². The molecular weight excluding hydrogens is 357 g/mol. The van der Waals surface area contributed by atoms with Crippen molar-refractivity contribution in [1.82, 2.24) is 19.5 Å². The number of nitrogens with zero attached hydrogens (tertiary/aromatic N) is 4. The summed E-state index contributed by atoms with van der Waals surface area (Å²) in [7, 11) is -4.23. The molecule has 0 aliphatic heterocycles. The van der Waals surface area contributed by atoms with Crippen LogP contribution in [-0.2, 0) is 11.1 Å². The van der Waals surface area contributed by atoms with Crippen molar-refractivity contribution in [2.24, 2.45) is 0 Å². The molecule has 0 amide bonds. The van der Waals surface area contributed by atoms with E-state index in [4.69, 9.17) is 31.9 Å². The summed E-state index contributed by atoms with van der Waals surface area (Å²) in [5.41, 5.74) is 7.37. The standard InChI is InChI=1S/C13H13ClN5O4P/c14-11-10-12(18-13(15)17-11)19(6-16-10)5-8-2-1-3-9(4-8)23-7-24(20,21)22/h1-4,6H,5,7H2,(H2,15,17,18)(H2,20,21,22). The normalized spacial score (nSPS) is 11.8. The van der Waals surface area contributed by atoms with Gasteiger partial charge in [-0.15, -0.1) is 0 Å². The number of ether oxygens (including phenoxy) is 1. The molecule has 0 spiro atoms. The predicted octanol–water partition coefficient (Wildman–Crippen LogP) is 1.62. The zero-order chi connectivity index (χ0) is 17.3. The first kappa shape index (κ1) is 16.7. The summed E-state index contributed by atoms with van der Waals surface area (Å²) in [5, 5.41) is 0.176. The van der Waals surface area contributed by atoms with Crippen LogP contribution >= 0.6 is 19.2 Å². The second kappa shape index (κ2) is 6.37. The molecule has 0 bridgehead atoms. The number of halogens is 1. The molecule has 2 heterocycles. The number of aromatic nitrogens is 4. The molecule has 24 heavy (non-hydrogen) atoms. The average Bonchev–Trinajstić information content (AvgIpc) is 2.88. The lowest BCUT2D eigenvalue weighted by Gasteiger charge is -2.09. The number of hydrogen-bond acceptors (Lipinski definition) is 6. The average molecular weight is 370 g/mol. The molecule has 0 radical (unpaired) electrons. The quantitative estimate of drug-likeness (QED) is 0.456. The number of hydrogen-bond donors (Lipinski definition) is 3. The second-order valence-corrected chi connectivity index (χ2v) is 6.95. The van der Waals surface area contributed by atoms with Crippen molar-refractivity contribution >= 4 is 36.3 Å². The van der Waals surface area contributed by atoms with Crippen LogP contribution in [0.2, 0.25) is 5.15 Å². The van der Waals surface area contributed by atoms with Gasteiger partial charge in [0.25, 0.3) is 0 Å². The Kier molecular flexibility index (Phi) is 4.42. The number of nitrogen functional groups attached to an aromatic ring is 1. The van der Waals surface area contributed by atoms with Gasteiger partial charge in [0.1, 0.15) is 11.3 Å². The highest BCUT2D eigenvalue weighted by molar-refractivity contribution is 7.51. The zero-order valence-electron chi connectivity index (χ0n) is 12.2. The van der Waals surface area contributed by atoms with Crippen LogP contribution in [-0.4, -0.2) is 35.7 Å². The molecule has 3 aromatic rings. The van der Waals surface area contributed by atoms with Crippen molar-refractivity contribution in [3.05, 3.63) is 41.3 Å². The van der Waals surface area contributed by atoms with Gasteiger partial charge < -0.3 is 24.8 Å². The Morgan fingerprint density at radius 1 is 1.33 bits per heavy atom. The SMILES string of the molecule is Nc1nc(Cl)c2ncn(Cc3cccc(OCP(=O)(O)O)c3)c2n1. The molecule has 4 N–H and O–H groups in total. The lowest BCUT2D eigenvalue weighted by atomic mass is 10.2. The Morgan fingerprint density at radius 2 is 2.12 bits per heavy atom. The molecule has 9 nitrogen and oxygen atoms in total. The maximum Gasteiger partial charge on any atom is 0.362 e. The lowest BCUT2D eigenvalue weighted by Crippen LogP contribution is -2.03. The van der Waals surface area contributed by atoms with Gasteiger partial charge in [-0.05, 0) is 17.7 Å². The van der Waals surface area contributed by atoms with Crippen molar-refractivity contribution < 1.29 is 19.1 Å². The fourth-order valence-electron chi connectivity index (χ4n) is 2.13. The highest BCUT2D eigenvalue weighted by Crippen LogP contribution is 2.34. The molecule has 2 aromatic heterocycles. The third kappa shape index (κ3) is 3.82. The van der Waals surface area contributed by atoms with E-state index in [0.29, 0.717) is 23.5 Å². The molecule has 11 heteroatoms. The monoisotopic (exact) mass is 369 g/mol. The van der Waals surface area contributed by atoms with Gasteiger partial charge in [0, 0.05) is 0 Å². The molecule has 0 aliphatic carbocycles. The number of fused-ring (bicyclic) bond motifs is 1. The minimum Gasteiger partial charge on any atom is -0.481 e. The molecule has 0 aliphatic rings. The summed E-state index contributed by atoms with van der Waals surface area (Å²) in [6, 6.07) is 6.85. The van der Waals surface area contributed by atoms with Crippen LogP contribution in [0.3, 0.4) is 0 Å². The van der Waals surface area contributed by atoms with E-state index in [-0.39, 0.29) is 11.1 Å². The van der Waals surface area contributed by atoms with E-state index in [1.807, 2.05) is 6.07 Å². The van der Waals surface area contributed by atoms with Crippen LogP contribution in [0.1, 0.15) is 5.56 Å². The smallest absolute Gasteiger partial charge is 0.362 e. The van der Waals surface area contributed by atoms with E-state index in [9.17, 15) is 4.57 Å². The second-order valence-electron chi connectivity index (χ2n) is 5.00. The number of anilines is 1. The first-order valence-electron chi connectivity index (χ1n) is 6.72. The first-order valence-corrected chi connectivity index (χ1v) is 8.89. The maximum absolute atomic E-state index is 10.9. The summed E-state index contributed by atoms with van der Waals surface area (Å²) in [5.74, 6) is 0.403. The van der Waals surface area contributed by atoms with Crippen LogP contribution in [0.4, 0.5) is 5.95 Å². The fourth-order valence-corrected chi connectivity index (χ4v) is 2.67. The Labute approximate surface area is 141 Å². The van der Waals surface area contributed by atoms with Crippen molar-refractivity contribution in [1.29, 1.82) is 0 Å². The van der Waals surface area contributed by atoms with Crippen molar-refractivity contribution in [3.8, 4) is 5.75 Å². The van der Waals surface area contributed by atoms with Crippen molar-refractivity contribution in [2.75, 3.05) is 12.1 Å². The molecule has 126 valence electrons. The molecule has 0 saturated carbocycles. The van der Waals surface area contributed by atoms with E-state index in [1.54, 1.807) is 29.1 Å². The van der Waals surface area contributed by atoms with Gasteiger partial charge in [-0.2, -0.15) is 9.97 Å². The number of benzene rings is 1. The van der Waals surface area contributed by atoms with E-state index >= 15 is 0 Å². The minimum absolute atomic E-state index is 0.0491. The molecule has 0 saturated heterocycles. The van der Waals surface area contributed by atoms with Gasteiger partial charge in [0.15, 0.2) is 17.1 Å². The lowest BCUT2D eigenvalue weighted by molar-refractivity contribution is 0.300. The summed E-state index contributed by atoms with van der Waals surface area (Å²) in [6.07, 6.45) is 0.887. The Hall–Kier alpha value is -2.19. The zero-order valence-corrected chi connectivity index (χ0v) is 13.9. The number of imidazole rings is 1. The van der Waals surface area contributed by atoms with Gasteiger partial charge in [0.05, 0.1) is 12.9 Å². The molecule has 0 unspecified atom stereocenters. The van der Waals surface area contributed by atoms with E-state index in [1.165, 1.54) is 0 Å². The van der Waals surface area contributed by atoms with E-state index in [0.717, 1.165) is 5.56 Å².